The average molecular weight is 375 g/mol. The molecule has 1 amide bonds. The number of aliphatic hydroxyl groups excluding tert-OH is 1. The van der Waals surface area contributed by atoms with E-state index in [2.05, 4.69) is 19.2 Å². The molecule has 0 saturated heterocycles. The molecule has 0 aromatic heterocycles. The normalized spacial score (nSPS) is 46.1. The molecular formula is C22H34N2O3. The molecule has 7 atom stereocenters. The van der Waals surface area contributed by atoms with Gasteiger partial charge in [0.1, 0.15) is 0 Å². The van der Waals surface area contributed by atoms with Crippen molar-refractivity contribution in [2.24, 2.45) is 40.2 Å². The van der Waals surface area contributed by atoms with Crippen LogP contribution < -0.4 is 11.1 Å². The Morgan fingerprint density at radius 3 is 2.81 bits per heavy atom. The van der Waals surface area contributed by atoms with Crippen molar-refractivity contribution >= 4 is 11.7 Å². The summed E-state index contributed by atoms with van der Waals surface area (Å²) in [5, 5.41) is 14.3. The fourth-order valence-corrected chi connectivity index (χ4v) is 7.44. The Morgan fingerprint density at radius 1 is 1.30 bits per heavy atom. The van der Waals surface area contributed by atoms with Gasteiger partial charge in [0, 0.05) is 25.4 Å². The quantitative estimate of drug-likeness (QED) is 0.706. The van der Waals surface area contributed by atoms with E-state index in [1.165, 1.54) is 5.57 Å². The van der Waals surface area contributed by atoms with E-state index in [4.69, 9.17) is 5.73 Å². The molecule has 0 heterocycles. The van der Waals surface area contributed by atoms with Crippen LogP contribution in [-0.4, -0.2) is 36.0 Å². The maximum atomic E-state index is 12.8. The Kier molecular flexibility index (Phi) is 4.75. The zero-order valence-corrected chi connectivity index (χ0v) is 16.7. The van der Waals surface area contributed by atoms with Gasteiger partial charge >= 0.3 is 0 Å². The molecule has 5 heteroatoms. The van der Waals surface area contributed by atoms with Crippen LogP contribution in [0.5, 0.6) is 0 Å². The van der Waals surface area contributed by atoms with Crippen molar-refractivity contribution in [2.75, 3.05) is 13.1 Å². The van der Waals surface area contributed by atoms with E-state index in [0.717, 1.165) is 32.1 Å². The van der Waals surface area contributed by atoms with Gasteiger partial charge in [-0.25, -0.2) is 0 Å². The monoisotopic (exact) mass is 374 g/mol. The van der Waals surface area contributed by atoms with E-state index in [-0.39, 0.29) is 34.4 Å². The molecule has 27 heavy (non-hydrogen) atoms. The summed E-state index contributed by atoms with van der Waals surface area (Å²) < 4.78 is 0. The maximum absolute atomic E-state index is 12.8. The number of ketones is 1. The van der Waals surface area contributed by atoms with Crippen molar-refractivity contribution in [1.82, 2.24) is 5.32 Å². The number of hydrogen-bond donors (Lipinski definition) is 3. The average Bonchev–Trinajstić information content (AvgIpc) is 2.96. The summed E-state index contributed by atoms with van der Waals surface area (Å²) >= 11 is 0. The summed E-state index contributed by atoms with van der Waals surface area (Å²) in [6.45, 7) is 5.48. The highest BCUT2D eigenvalue weighted by atomic mass is 16.3. The second-order valence-electron chi connectivity index (χ2n) is 9.88. The third-order valence-corrected chi connectivity index (χ3v) is 8.65. The first-order valence-electron chi connectivity index (χ1n) is 10.7. The number of amides is 1. The minimum absolute atomic E-state index is 0.0256. The van der Waals surface area contributed by atoms with Crippen molar-refractivity contribution in [2.45, 2.75) is 64.9 Å². The van der Waals surface area contributed by atoms with E-state index >= 15 is 0 Å². The molecule has 0 bridgehead atoms. The van der Waals surface area contributed by atoms with Crippen molar-refractivity contribution in [3.05, 3.63) is 11.6 Å². The smallest absolute Gasteiger partial charge is 0.223 e. The number of nitrogens with two attached hydrogens (primary N) is 1. The summed E-state index contributed by atoms with van der Waals surface area (Å²) in [6.07, 6.45) is 7.60. The highest BCUT2D eigenvalue weighted by Crippen LogP contribution is 2.66. The van der Waals surface area contributed by atoms with Gasteiger partial charge in [-0.2, -0.15) is 0 Å². The lowest BCUT2D eigenvalue weighted by atomic mass is 9.46. The Labute approximate surface area is 162 Å². The summed E-state index contributed by atoms with van der Waals surface area (Å²) in [5.41, 5.74) is 6.62. The van der Waals surface area contributed by atoms with Gasteiger partial charge in [0.2, 0.25) is 5.91 Å². The van der Waals surface area contributed by atoms with Gasteiger partial charge in [0.05, 0.1) is 6.10 Å². The van der Waals surface area contributed by atoms with Crippen molar-refractivity contribution < 1.29 is 14.7 Å². The first-order chi connectivity index (χ1) is 12.8. The van der Waals surface area contributed by atoms with Gasteiger partial charge in [-0.15, -0.1) is 0 Å². The zero-order valence-electron chi connectivity index (χ0n) is 16.7. The molecule has 0 aromatic carbocycles. The Balaban J connectivity index is 1.63. The molecule has 4 aliphatic carbocycles. The van der Waals surface area contributed by atoms with E-state index in [9.17, 15) is 14.7 Å². The van der Waals surface area contributed by atoms with Crippen LogP contribution in [0.1, 0.15) is 58.8 Å². The van der Waals surface area contributed by atoms with Crippen LogP contribution >= 0.6 is 0 Å². The lowest BCUT2D eigenvalue weighted by Gasteiger charge is -2.59. The molecule has 5 nitrogen and oxygen atoms in total. The SMILES string of the molecule is CC12CCC(=O)C=C1CCC1C2C(O)CC2(C)C(C(=O)NCCN)CCC12. The minimum Gasteiger partial charge on any atom is -0.393 e. The number of carbonyl (C=O) groups is 2. The molecule has 0 spiro atoms. The zero-order chi connectivity index (χ0) is 19.4. The summed E-state index contributed by atoms with van der Waals surface area (Å²) in [4.78, 5) is 24.7. The predicted octanol–water partition coefficient (Wildman–Crippen LogP) is 2.18. The molecule has 4 rings (SSSR count). The van der Waals surface area contributed by atoms with Crippen LogP contribution in [0.3, 0.4) is 0 Å². The fraction of sp³-hybridized carbons (Fsp3) is 0.818. The van der Waals surface area contributed by atoms with Crippen LogP contribution in [0.15, 0.2) is 11.6 Å². The van der Waals surface area contributed by atoms with Crippen LogP contribution in [0.2, 0.25) is 0 Å². The largest absolute Gasteiger partial charge is 0.393 e. The minimum atomic E-state index is -0.402. The van der Waals surface area contributed by atoms with Crippen LogP contribution in [-0.2, 0) is 9.59 Å². The molecule has 3 saturated carbocycles. The Morgan fingerprint density at radius 2 is 2.07 bits per heavy atom. The van der Waals surface area contributed by atoms with Gasteiger partial charge in [0.25, 0.3) is 0 Å². The highest BCUT2D eigenvalue weighted by molar-refractivity contribution is 5.91. The summed E-state index contributed by atoms with van der Waals surface area (Å²) in [5.74, 6) is 1.48. The third kappa shape index (κ3) is 2.80. The van der Waals surface area contributed by atoms with Gasteiger partial charge < -0.3 is 16.2 Å². The number of fused-ring (bicyclic) bond motifs is 5. The molecule has 7 unspecified atom stereocenters. The molecule has 150 valence electrons. The number of carbonyl (C=O) groups excluding carboxylic acids is 2. The number of rotatable bonds is 3. The first kappa shape index (κ1) is 19.1. The Hall–Kier alpha value is -1.20. The topological polar surface area (TPSA) is 92.4 Å². The van der Waals surface area contributed by atoms with Crippen LogP contribution in [0.4, 0.5) is 0 Å². The molecule has 4 aliphatic rings. The summed E-state index contributed by atoms with van der Waals surface area (Å²) in [6, 6.07) is 0. The number of aliphatic hydroxyl groups is 1. The van der Waals surface area contributed by atoms with Crippen molar-refractivity contribution in [3.63, 3.8) is 0 Å². The lowest BCUT2D eigenvalue weighted by molar-refractivity contribution is -0.146. The van der Waals surface area contributed by atoms with Gasteiger partial charge in [-0.1, -0.05) is 19.4 Å². The second-order valence-corrected chi connectivity index (χ2v) is 9.88. The van der Waals surface area contributed by atoms with E-state index in [1.54, 1.807) is 0 Å². The number of nitrogens with one attached hydrogen (secondary N) is 1. The van der Waals surface area contributed by atoms with Crippen LogP contribution in [0, 0.1) is 34.5 Å². The molecule has 0 aliphatic heterocycles. The molecule has 0 radical (unpaired) electrons. The van der Waals surface area contributed by atoms with E-state index in [0.29, 0.717) is 37.8 Å². The first-order valence-corrected chi connectivity index (χ1v) is 10.7. The van der Waals surface area contributed by atoms with Crippen LogP contribution in [0.25, 0.3) is 0 Å². The number of allylic oxidation sites excluding steroid dienone is 1. The van der Waals surface area contributed by atoms with E-state index < -0.39 is 6.10 Å². The fourth-order valence-electron chi connectivity index (χ4n) is 7.44. The van der Waals surface area contributed by atoms with Crippen molar-refractivity contribution in [3.8, 4) is 0 Å². The van der Waals surface area contributed by atoms with Crippen molar-refractivity contribution in [1.29, 1.82) is 0 Å². The number of hydrogen-bond acceptors (Lipinski definition) is 4. The third-order valence-electron chi connectivity index (χ3n) is 8.65. The second kappa shape index (κ2) is 6.70. The predicted molar refractivity (Wildman–Crippen MR) is 104 cm³/mol. The molecule has 4 N–H and O–H groups in total. The lowest BCUT2D eigenvalue weighted by Crippen LogP contribution is -2.57. The molecule has 3 fully saturated rings. The molecule has 0 aromatic rings. The van der Waals surface area contributed by atoms with Gasteiger partial charge in [0.15, 0.2) is 5.78 Å². The maximum Gasteiger partial charge on any atom is 0.223 e. The Bertz CT molecular complexity index is 674. The molecular weight excluding hydrogens is 340 g/mol. The van der Waals surface area contributed by atoms with E-state index in [1.807, 2.05) is 6.08 Å². The standard InChI is InChI=1S/C22H34N2O3/c1-21-8-7-14(25)11-13(21)3-4-15-16-5-6-17(20(27)24-10-9-23)22(16,2)12-18(26)19(15)21/h11,15-19,26H,3-10,12,23H2,1-2H3,(H,24,27). The summed E-state index contributed by atoms with van der Waals surface area (Å²) in [7, 11) is 0. The van der Waals surface area contributed by atoms with Gasteiger partial charge in [-0.3, -0.25) is 9.59 Å². The highest BCUT2D eigenvalue weighted by Gasteiger charge is 2.62. The van der Waals surface area contributed by atoms with Gasteiger partial charge in [-0.05, 0) is 73.2 Å².